The molecule has 0 aliphatic heterocycles. The number of carbonyl (C=O) groups excluding carboxylic acids is 3. The van der Waals surface area contributed by atoms with Crippen molar-refractivity contribution in [3.05, 3.63) is 35.4 Å². The predicted molar refractivity (Wildman–Crippen MR) is 71.1 cm³/mol. The lowest BCUT2D eigenvalue weighted by Gasteiger charge is -2.04. The van der Waals surface area contributed by atoms with Crippen LogP contribution in [0, 0.1) is 0 Å². The van der Waals surface area contributed by atoms with Crippen molar-refractivity contribution in [2.24, 2.45) is 0 Å². The minimum Gasteiger partial charge on any atom is -0.478 e. The monoisotopic (exact) mass is 310 g/mol. The zero-order valence-electron chi connectivity index (χ0n) is 11.5. The molecule has 0 saturated carbocycles. The summed E-state index contributed by atoms with van der Waals surface area (Å²) in [5.74, 6) is -3.68. The summed E-state index contributed by atoms with van der Waals surface area (Å²) in [4.78, 5) is 44.7. The molecule has 0 atom stereocenters. The highest BCUT2D eigenvalue weighted by atomic mass is 16.6. The Morgan fingerprint density at radius 1 is 0.909 bits per heavy atom. The van der Waals surface area contributed by atoms with Gasteiger partial charge in [-0.05, 0) is 24.3 Å². The highest BCUT2D eigenvalue weighted by molar-refractivity contribution is 5.98. The summed E-state index contributed by atoms with van der Waals surface area (Å²) < 4.78 is 9.04. The van der Waals surface area contributed by atoms with Gasteiger partial charge in [0, 0.05) is 0 Å². The van der Waals surface area contributed by atoms with Gasteiger partial charge < -0.3 is 19.7 Å². The number of carbonyl (C=O) groups is 4. The molecule has 0 aliphatic carbocycles. The van der Waals surface area contributed by atoms with Crippen molar-refractivity contribution < 1.29 is 38.9 Å². The van der Waals surface area contributed by atoms with Gasteiger partial charge in [-0.15, -0.1) is 0 Å². The summed E-state index contributed by atoms with van der Waals surface area (Å²) in [5.41, 5.74) is 0.00992. The van der Waals surface area contributed by atoms with Crippen molar-refractivity contribution in [1.82, 2.24) is 0 Å². The molecular weight excluding hydrogens is 296 g/mol. The van der Waals surface area contributed by atoms with Gasteiger partial charge in [-0.3, -0.25) is 9.59 Å². The molecule has 8 heteroatoms. The third-order valence-corrected chi connectivity index (χ3v) is 2.46. The van der Waals surface area contributed by atoms with Crippen LogP contribution >= 0.6 is 0 Å². The van der Waals surface area contributed by atoms with E-state index >= 15 is 0 Å². The lowest BCUT2D eigenvalue weighted by atomic mass is 10.1. The zero-order chi connectivity index (χ0) is 16.5. The Labute approximate surface area is 125 Å². The third-order valence-electron chi connectivity index (χ3n) is 2.46. The fraction of sp³-hybridized carbons (Fsp3) is 0.286. The van der Waals surface area contributed by atoms with Gasteiger partial charge in [-0.25, -0.2) is 9.59 Å². The number of ether oxygens (including phenoxy) is 2. The van der Waals surface area contributed by atoms with Crippen LogP contribution in [0.1, 0.15) is 33.6 Å². The Kier molecular flexibility index (Phi) is 6.71. The van der Waals surface area contributed by atoms with Gasteiger partial charge in [0.1, 0.15) is 6.61 Å². The van der Waals surface area contributed by atoms with Gasteiger partial charge in [0.25, 0.3) is 0 Å². The number of carboxylic acid groups (broad SMARTS) is 1. The van der Waals surface area contributed by atoms with Crippen molar-refractivity contribution in [1.29, 1.82) is 0 Å². The molecule has 2 N–H and O–H groups in total. The lowest BCUT2D eigenvalue weighted by molar-refractivity contribution is -0.148. The Morgan fingerprint density at radius 2 is 1.45 bits per heavy atom. The van der Waals surface area contributed by atoms with Crippen LogP contribution in [-0.2, 0) is 19.1 Å². The first kappa shape index (κ1) is 17.3. The van der Waals surface area contributed by atoms with E-state index < -0.39 is 23.9 Å². The normalized spacial score (nSPS) is 9.86. The highest BCUT2D eigenvalue weighted by Gasteiger charge is 2.15. The number of hydrogen-bond acceptors (Lipinski definition) is 7. The maximum Gasteiger partial charge on any atom is 0.345 e. The molecular formula is C14H14O8. The molecule has 118 valence electrons. The van der Waals surface area contributed by atoms with Crippen molar-refractivity contribution in [2.75, 3.05) is 13.2 Å². The van der Waals surface area contributed by atoms with Crippen LogP contribution in [0.15, 0.2) is 24.3 Å². The Bertz CT molecular complexity index is 561. The highest BCUT2D eigenvalue weighted by Crippen LogP contribution is 2.07. The lowest BCUT2D eigenvalue weighted by Crippen LogP contribution is -2.15. The van der Waals surface area contributed by atoms with Gasteiger partial charge in [0.15, 0.2) is 0 Å². The minimum atomic E-state index is -1.14. The van der Waals surface area contributed by atoms with E-state index in [1.54, 1.807) is 0 Å². The standard InChI is InChI=1S/C14H14O8/c15-7-8-21-11(16)5-6-12(17)22-14(20)10-3-1-9(2-4-10)13(18)19/h1-4,15H,5-8H2,(H,18,19). The quantitative estimate of drug-likeness (QED) is 0.546. The van der Waals surface area contributed by atoms with Crippen molar-refractivity contribution >= 4 is 23.9 Å². The van der Waals surface area contributed by atoms with Crippen LogP contribution in [0.3, 0.4) is 0 Å². The van der Waals surface area contributed by atoms with E-state index in [2.05, 4.69) is 9.47 Å². The summed E-state index contributed by atoms with van der Waals surface area (Å²) >= 11 is 0. The molecule has 0 aliphatic rings. The smallest absolute Gasteiger partial charge is 0.345 e. The van der Waals surface area contributed by atoms with Crippen LogP contribution in [-0.4, -0.2) is 47.3 Å². The van der Waals surface area contributed by atoms with E-state index in [9.17, 15) is 19.2 Å². The number of aromatic carboxylic acids is 1. The van der Waals surface area contributed by atoms with Gasteiger partial charge in [-0.1, -0.05) is 0 Å². The minimum absolute atomic E-state index is 0.00509. The zero-order valence-corrected chi connectivity index (χ0v) is 11.5. The Balaban J connectivity index is 2.45. The molecule has 0 fully saturated rings. The summed E-state index contributed by atoms with van der Waals surface area (Å²) in [5, 5.41) is 17.2. The molecule has 0 heterocycles. The third kappa shape index (κ3) is 5.71. The van der Waals surface area contributed by atoms with Gasteiger partial charge in [0.05, 0.1) is 30.6 Å². The van der Waals surface area contributed by atoms with E-state index in [1.807, 2.05) is 0 Å². The summed E-state index contributed by atoms with van der Waals surface area (Å²) in [7, 11) is 0. The van der Waals surface area contributed by atoms with E-state index in [-0.39, 0.29) is 37.2 Å². The van der Waals surface area contributed by atoms with E-state index in [0.29, 0.717) is 0 Å². The molecule has 1 rings (SSSR count). The van der Waals surface area contributed by atoms with Gasteiger partial charge >= 0.3 is 23.9 Å². The van der Waals surface area contributed by atoms with Gasteiger partial charge in [0.2, 0.25) is 0 Å². The molecule has 0 spiro atoms. The number of carboxylic acids is 1. The molecule has 1 aromatic rings. The molecule has 0 bridgehead atoms. The first-order valence-corrected chi connectivity index (χ1v) is 6.29. The number of esters is 3. The van der Waals surface area contributed by atoms with E-state index in [0.717, 1.165) is 0 Å². The SMILES string of the molecule is O=C(CCC(=O)OC(=O)c1ccc(C(=O)O)cc1)OCCO. The second kappa shape index (κ2) is 8.53. The van der Waals surface area contributed by atoms with Crippen LogP contribution < -0.4 is 0 Å². The average molecular weight is 310 g/mol. The number of rotatable bonds is 7. The number of aliphatic hydroxyl groups is 1. The predicted octanol–water partition coefficient (Wildman–Crippen LogP) is 0.384. The first-order valence-electron chi connectivity index (χ1n) is 6.29. The summed E-state index contributed by atoms with van der Waals surface area (Å²) in [6, 6.07) is 4.84. The molecule has 22 heavy (non-hydrogen) atoms. The molecule has 0 aromatic heterocycles. The van der Waals surface area contributed by atoms with Crippen LogP contribution in [0.4, 0.5) is 0 Å². The maximum absolute atomic E-state index is 11.6. The van der Waals surface area contributed by atoms with Crippen molar-refractivity contribution in [2.45, 2.75) is 12.8 Å². The van der Waals surface area contributed by atoms with E-state index in [4.69, 9.17) is 10.2 Å². The molecule has 0 saturated heterocycles. The Morgan fingerprint density at radius 3 is 2.00 bits per heavy atom. The average Bonchev–Trinajstić information content (AvgIpc) is 2.50. The molecule has 0 radical (unpaired) electrons. The van der Waals surface area contributed by atoms with E-state index in [1.165, 1.54) is 24.3 Å². The number of aliphatic hydroxyl groups excluding tert-OH is 1. The number of benzene rings is 1. The molecule has 8 nitrogen and oxygen atoms in total. The largest absolute Gasteiger partial charge is 0.478 e. The molecule has 0 unspecified atom stereocenters. The van der Waals surface area contributed by atoms with Crippen LogP contribution in [0.5, 0.6) is 0 Å². The van der Waals surface area contributed by atoms with Gasteiger partial charge in [-0.2, -0.15) is 0 Å². The first-order chi connectivity index (χ1) is 10.4. The second-order valence-corrected chi connectivity index (χ2v) is 4.09. The maximum atomic E-state index is 11.6. The molecule has 1 aromatic carbocycles. The van der Waals surface area contributed by atoms with Crippen LogP contribution in [0.2, 0.25) is 0 Å². The molecule has 0 amide bonds. The fourth-order valence-electron chi connectivity index (χ4n) is 1.40. The fourth-order valence-corrected chi connectivity index (χ4v) is 1.40. The second-order valence-electron chi connectivity index (χ2n) is 4.09. The number of hydrogen-bond donors (Lipinski definition) is 2. The summed E-state index contributed by atoms with van der Waals surface area (Å²) in [6.07, 6.45) is -0.618. The van der Waals surface area contributed by atoms with Crippen LogP contribution in [0.25, 0.3) is 0 Å². The Hall–Kier alpha value is -2.74. The topological polar surface area (TPSA) is 127 Å². The van der Waals surface area contributed by atoms with Crippen molar-refractivity contribution in [3.8, 4) is 0 Å². The van der Waals surface area contributed by atoms with Crippen molar-refractivity contribution in [3.63, 3.8) is 0 Å². The summed E-state index contributed by atoms with van der Waals surface area (Å²) in [6.45, 7) is -0.482.